The molecule has 10 heteroatoms. The molecule has 0 aliphatic heterocycles. The van der Waals surface area contributed by atoms with Gasteiger partial charge in [0.25, 0.3) is 11.1 Å². The summed E-state index contributed by atoms with van der Waals surface area (Å²) in [7, 11) is 0. The van der Waals surface area contributed by atoms with Gasteiger partial charge in [0.1, 0.15) is 11.3 Å². The van der Waals surface area contributed by atoms with Crippen molar-refractivity contribution < 1.29 is 0 Å². The number of fused-ring (bicyclic) bond motifs is 20. The van der Waals surface area contributed by atoms with Crippen LogP contribution in [0.15, 0.2) is 434 Å². The number of nitrogens with zero attached hydrogens (tertiary/aromatic N) is 8. The van der Waals surface area contributed by atoms with Crippen LogP contribution in [0.3, 0.4) is 0 Å². The Hall–Kier alpha value is -16.3. The van der Waals surface area contributed by atoms with Crippen molar-refractivity contribution in [3.8, 4) is 78.8 Å². The highest BCUT2D eigenvalue weighted by Crippen LogP contribution is 2.44. The number of rotatable bonds is 10. The molecule has 25 aromatic rings. The summed E-state index contributed by atoms with van der Waals surface area (Å²) in [6.45, 7) is 0. The molecule has 0 unspecified atom stereocenters. The van der Waals surface area contributed by atoms with Crippen molar-refractivity contribution in [1.29, 1.82) is 0 Å². The van der Waals surface area contributed by atoms with Crippen molar-refractivity contribution in [1.82, 2.24) is 36.2 Å². The molecule has 0 radical (unpaired) electrons. The Kier molecular flexibility index (Phi) is 15.4. The van der Waals surface area contributed by atoms with Crippen LogP contribution in [0.2, 0.25) is 0 Å². The van der Waals surface area contributed by atoms with Crippen LogP contribution in [0.5, 0.6) is 0 Å². The zero-order valence-corrected chi connectivity index (χ0v) is 64.8. The summed E-state index contributed by atoms with van der Waals surface area (Å²) in [5, 5.41) is 12.0. The standard InChI is InChI=1S/C59H38N4O.C51H32N4O/c64-59-48-27-12-15-30-54(48)63-57(40-19-6-2-7-20-40)38-49(39-17-4-1-5-18-39)58(63)62(59)45-24-16-23-44(37-45)61-53-29-14-11-26-47(53)51-36-42(32-34-56(51)61)41-31-33-55-50(35-41)46-25-10-13-28-52(46)60(55)43-21-8-3-9-22-43;56-51-41-20-7-11-24-47(41)55-44-21-8-4-13-35(44)31-50(55)54(51)38-17-12-16-37(32-38)53-46-23-10-6-19-40(46)43-30-34(26-28-49(43)53)33-25-27-48-42(29-33)39-18-5-9-22-45(39)52(48)36-14-2-1-3-15-36/h1-38H;1-32H. The summed E-state index contributed by atoms with van der Waals surface area (Å²) < 4.78 is 17.6. The highest BCUT2D eigenvalue weighted by Gasteiger charge is 2.26. The quantitative estimate of drug-likeness (QED) is 0.137. The van der Waals surface area contributed by atoms with Gasteiger partial charge >= 0.3 is 0 Å². The topological polar surface area (TPSA) is 72.5 Å². The average Bonchev–Trinajstić information content (AvgIpc) is 1.52. The molecule has 17 aromatic carbocycles. The number of hydrogen-bond acceptors (Lipinski definition) is 2. The van der Waals surface area contributed by atoms with Gasteiger partial charge in [0.05, 0.1) is 88.5 Å². The van der Waals surface area contributed by atoms with Gasteiger partial charge in [-0.1, -0.05) is 249 Å². The number of hydrogen-bond donors (Lipinski definition) is 0. The van der Waals surface area contributed by atoms with E-state index in [4.69, 9.17) is 0 Å². The monoisotopic (exact) mass is 1530 g/mol. The lowest BCUT2D eigenvalue weighted by molar-refractivity contribution is 0.998. The van der Waals surface area contributed by atoms with Crippen molar-refractivity contribution in [3.05, 3.63) is 445 Å². The van der Waals surface area contributed by atoms with Crippen LogP contribution in [0, 0.1) is 0 Å². The van der Waals surface area contributed by atoms with E-state index >= 15 is 4.79 Å². The lowest BCUT2D eigenvalue weighted by Gasteiger charge is -2.17. The van der Waals surface area contributed by atoms with Crippen LogP contribution in [0.4, 0.5) is 0 Å². The Morgan fingerprint density at radius 2 is 0.467 bits per heavy atom. The number of benzene rings is 17. The summed E-state index contributed by atoms with van der Waals surface area (Å²) >= 11 is 0. The van der Waals surface area contributed by atoms with Gasteiger partial charge < -0.3 is 18.3 Å². The zero-order chi connectivity index (χ0) is 79.2. The van der Waals surface area contributed by atoms with E-state index in [0.717, 1.165) is 123 Å². The predicted octanol–water partition coefficient (Wildman–Crippen LogP) is 26.7. The maximum Gasteiger partial charge on any atom is 0.266 e. The first-order valence-electron chi connectivity index (χ1n) is 40.7. The largest absolute Gasteiger partial charge is 0.309 e. The molecule has 0 atom stereocenters. The fourth-order valence-electron chi connectivity index (χ4n) is 19.2. The maximum atomic E-state index is 15.0. The van der Waals surface area contributed by atoms with E-state index < -0.39 is 0 Å². The van der Waals surface area contributed by atoms with E-state index in [2.05, 4.69) is 385 Å². The molecule has 0 aliphatic rings. The van der Waals surface area contributed by atoms with E-state index in [0.29, 0.717) is 10.8 Å². The zero-order valence-electron chi connectivity index (χ0n) is 64.8. The summed E-state index contributed by atoms with van der Waals surface area (Å²) in [4.78, 5) is 29.4. The molecule has 10 nitrogen and oxygen atoms in total. The smallest absolute Gasteiger partial charge is 0.266 e. The first-order valence-corrected chi connectivity index (χ1v) is 40.7. The average molecular weight is 1540 g/mol. The van der Waals surface area contributed by atoms with Gasteiger partial charge in [-0.15, -0.1) is 0 Å². The second kappa shape index (κ2) is 27.2. The molecule has 0 amide bonds. The molecule has 0 spiro atoms. The molecule has 8 heterocycles. The van der Waals surface area contributed by atoms with Gasteiger partial charge in [0, 0.05) is 76.8 Å². The van der Waals surface area contributed by atoms with Crippen molar-refractivity contribution in [2.45, 2.75) is 0 Å². The van der Waals surface area contributed by atoms with Crippen molar-refractivity contribution >= 4 is 131 Å². The Labute approximate surface area is 687 Å². The minimum Gasteiger partial charge on any atom is -0.309 e. The van der Waals surface area contributed by atoms with Crippen LogP contribution in [-0.4, -0.2) is 36.2 Å². The van der Waals surface area contributed by atoms with Gasteiger partial charge in [-0.3, -0.25) is 27.5 Å². The predicted molar refractivity (Wildman–Crippen MR) is 498 cm³/mol. The molecular weight excluding hydrogens is 1470 g/mol. The van der Waals surface area contributed by atoms with Gasteiger partial charge in [-0.05, 0) is 209 Å². The van der Waals surface area contributed by atoms with E-state index in [1.807, 2.05) is 75.9 Å². The Balaban J connectivity index is 0.000000138. The third-order valence-corrected chi connectivity index (χ3v) is 24.5. The van der Waals surface area contributed by atoms with Crippen LogP contribution < -0.4 is 11.1 Å². The SMILES string of the molecule is O=c1c2ccccc2n2c(-c3ccccc3)cc(-c3ccccc3)c2n1-c1cccc(-n2c3ccccc3c3cc(-c4ccc5c(c4)c4ccccc4n5-c4ccccc4)ccc32)c1.O=c1c2ccccc2n2c3ccccc3cc2n1-c1cccc(-n2c3ccccc3c3cc(-c4ccc5c(c4)c4ccccc4n5-c4ccccc4)ccc32)c1. The lowest BCUT2D eigenvalue weighted by atomic mass is 10.0. The summed E-state index contributed by atoms with van der Waals surface area (Å²) in [5.41, 5.74) is 28.2. The van der Waals surface area contributed by atoms with Gasteiger partial charge in [0.2, 0.25) is 0 Å². The highest BCUT2D eigenvalue weighted by molar-refractivity contribution is 6.15. The molecule has 8 aromatic heterocycles. The molecule has 0 saturated heterocycles. The summed E-state index contributed by atoms with van der Waals surface area (Å²) in [5.74, 6) is 0. The molecule has 0 bridgehead atoms. The number of para-hydroxylation sites is 9. The number of aromatic nitrogens is 8. The summed E-state index contributed by atoms with van der Waals surface area (Å²) in [6.07, 6.45) is 0. The fourth-order valence-corrected chi connectivity index (χ4v) is 19.2. The van der Waals surface area contributed by atoms with E-state index in [1.54, 1.807) is 0 Å². The summed E-state index contributed by atoms with van der Waals surface area (Å²) in [6, 6.07) is 149. The normalized spacial score (nSPS) is 11.9. The van der Waals surface area contributed by atoms with Crippen LogP contribution in [0.1, 0.15) is 0 Å². The molecule has 562 valence electrons. The van der Waals surface area contributed by atoms with Crippen LogP contribution >= 0.6 is 0 Å². The third-order valence-electron chi connectivity index (χ3n) is 24.5. The first-order chi connectivity index (χ1) is 59.4. The second-order valence-corrected chi connectivity index (χ2v) is 31.1. The first kappa shape index (κ1) is 68.1. The van der Waals surface area contributed by atoms with E-state index in [9.17, 15) is 4.79 Å². The Morgan fingerprint density at radius 1 is 0.167 bits per heavy atom. The highest BCUT2D eigenvalue weighted by atomic mass is 16.1. The van der Waals surface area contributed by atoms with Gasteiger partial charge in [0.15, 0.2) is 0 Å². The minimum atomic E-state index is -0.0640. The second-order valence-electron chi connectivity index (χ2n) is 31.1. The minimum absolute atomic E-state index is 0.0382. The van der Waals surface area contributed by atoms with E-state index in [1.165, 1.54) is 76.3 Å². The molecule has 0 saturated carbocycles. The molecule has 0 aliphatic carbocycles. The molecule has 0 fully saturated rings. The van der Waals surface area contributed by atoms with Crippen LogP contribution in [0.25, 0.3) is 210 Å². The van der Waals surface area contributed by atoms with Crippen molar-refractivity contribution in [2.24, 2.45) is 0 Å². The van der Waals surface area contributed by atoms with E-state index in [-0.39, 0.29) is 11.1 Å². The van der Waals surface area contributed by atoms with Gasteiger partial charge in [-0.25, -0.2) is 0 Å². The molecule has 25 rings (SSSR count). The van der Waals surface area contributed by atoms with Crippen molar-refractivity contribution in [2.75, 3.05) is 0 Å². The van der Waals surface area contributed by atoms with Crippen LogP contribution in [-0.2, 0) is 0 Å². The Bertz CT molecular complexity index is 8650. The third kappa shape index (κ3) is 10.5. The molecular formula is C110H70N8O2. The lowest BCUT2D eigenvalue weighted by Crippen LogP contribution is -2.22. The molecule has 120 heavy (non-hydrogen) atoms. The Morgan fingerprint density at radius 3 is 0.892 bits per heavy atom. The van der Waals surface area contributed by atoms with Gasteiger partial charge in [-0.2, -0.15) is 0 Å². The van der Waals surface area contributed by atoms with Crippen molar-refractivity contribution in [3.63, 3.8) is 0 Å². The maximum absolute atomic E-state index is 15.0. The fraction of sp³-hybridized carbons (Fsp3) is 0. The molecule has 0 N–H and O–H groups in total.